The number of hydrogen-bond donors (Lipinski definition) is 0. The van der Waals surface area contributed by atoms with Gasteiger partial charge < -0.3 is 4.90 Å². The molecule has 0 spiro atoms. The summed E-state index contributed by atoms with van der Waals surface area (Å²) in [6.07, 6.45) is 15.1. The highest BCUT2D eigenvalue weighted by atomic mass is 32.1. The number of rotatable bonds is 9. The van der Waals surface area contributed by atoms with Gasteiger partial charge in [0.1, 0.15) is 0 Å². The maximum absolute atomic E-state index is 14.1. The average molecular weight is 570 g/mol. The topological polar surface area (TPSA) is 56.0 Å². The minimum Gasteiger partial charge on any atom is -0.332 e. The molecule has 0 N–H and O–H groups in total. The van der Waals surface area contributed by atoms with E-state index in [0.29, 0.717) is 5.69 Å². The quantitative estimate of drug-likeness (QED) is 0.191. The normalized spacial score (nSPS) is 16.0. The summed E-state index contributed by atoms with van der Waals surface area (Å²) in [7, 11) is 0. The number of benzene rings is 1. The lowest BCUT2D eigenvalue weighted by Gasteiger charge is -2.42. The fourth-order valence-corrected chi connectivity index (χ4v) is 7.35. The van der Waals surface area contributed by atoms with Crippen LogP contribution in [0.5, 0.6) is 0 Å². The van der Waals surface area contributed by atoms with E-state index in [1.165, 1.54) is 53.5 Å². The second-order valence-corrected chi connectivity index (χ2v) is 13.1. The van der Waals surface area contributed by atoms with E-state index >= 15 is 0 Å². The molecule has 4 heterocycles. The molecule has 0 radical (unpaired) electrons. The van der Waals surface area contributed by atoms with Crippen molar-refractivity contribution in [2.75, 3.05) is 6.54 Å². The van der Waals surface area contributed by atoms with Crippen LogP contribution in [0.4, 0.5) is 0 Å². The minimum atomic E-state index is -0.152. The minimum absolute atomic E-state index is 0.0816. The summed E-state index contributed by atoms with van der Waals surface area (Å²) >= 11 is 1.66. The highest BCUT2D eigenvalue weighted by molar-refractivity contribution is 7.08. The van der Waals surface area contributed by atoms with Gasteiger partial charge >= 0.3 is 0 Å². The Morgan fingerprint density at radius 3 is 2.71 bits per heavy atom. The molecule has 216 valence electrons. The number of aromatic nitrogens is 4. The van der Waals surface area contributed by atoms with E-state index in [0.717, 1.165) is 68.6 Å². The Hall–Kier alpha value is -3.19. The third-order valence-electron chi connectivity index (χ3n) is 9.13. The van der Waals surface area contributed by atoms with Gasteiger partial charge in [-0.05, 0) is 93.0 Å². The SMILES string of the molecule is CCCCCCn1cc(-c2cc3c(cc2CC)CCc2c(C(=O)N4CCCCC4(C)C)nn(-c4ccsc4)c2-3)cn1. The lowest BCUT2D eigenvalue weighted by atomic mass is 9.84. The molecule has 0 unspecified atom stereocenters. The first kappa shape index (κ1) is 28.0. The zero-order valence-corrected chi connectivity index (χ0v) is 25.9. The van der Waals surface area contributed by atoms with Crippen LogP contribution in [0.1, 0.15) is 99.8 Å². The van der Waals surface area contributed by atoms with E-state index in [2.05, 4.69) is 72.4 Å². The maximum atomic E-state index is 14.1. The number of piperidine rings is 1. The first-order valence-corrected chi connectivity index (χ1v) is 16.5. The summed E-state index contributed by atoms with van der Waals surface area (Å²) in [6.45, 7) is 10.6. The van der Waals surface area contributed by atoms with Crippen molar-refractivity contribution in [1.82, 2.24) is 24.5 Å². The summed E-state index contributed by atoms with van der Waals surface area (Å²) in [4.78, 5) is 16.2. The predicted octanol–water partition coefficient (Wildman–Crippen LogP) is 8.11. The number of nitrogens with zero attached hydrogens (tertiary/aromatic N) is 5. The molecule has 0 saturated carbocycles. The lowest BCUT2D eigenvalue weighted by molar-refractivity contribution is 0.0426. The number of likely N-dealkylation sites (tertiary alicyclic amines) is 1. The summed E-state index contributed by atoms with van der Waals surface area (Å²) in [6, 6.07) is 6.86. The molecular weight excluding hydrogens is 526 g/mol. The molecule has 4 aromatic rings. The van der Waals surface area contributed by atoms with E-state index in [1.54, 1.807) is 11.3 Å². The fourth-order valence-electron chi connectivity index (χ4n) is 6.74. The van der Waals surface area contributed by atoms with Crippen molar-refractivity contribution in [3.63, 3.8) is 0 Å². The van der Waals surface area contributed by atoms with Gasteiger partial charge in [0.15, 0.2) is 5.69 Å². The van der Waals surface area contributed by atoms with Gasteiger partial charge in [0.05, 0.1) is 17.6 Å². The van der Waals surface area contributed by atoms with Crippen LogP contribution in [0.3, 0.4) is 0 Å². The second kappa shape index (κ2) is 11.6. The predicted molar refractivity (Wildman–Crippen MR) is 168 cm³/mol. The molecule has 1 amide bonds. The number of carbonyl (C=O) groups is 1. The molecule has 6 nitrogen and oxygen atoms in total. The second-order valence-electron chi connectivity index (χ2n) is 12.4. The zero-order chi connectivity index (χ0) is 28.6. The Bertz CT molecular complexity index is 1530. The van der Waals surface area contributed by atoms with Crippen molar-refractivity contribution in [2.24, 2.45) is 0 Å². The van der Waals surface area contributed by atoms with Crippen molar-refractivity contribution >= 4 is 17.2 Å². The molecule has 3 aromatic heterocycles. The van der Waals surface area contributed by atoms with Crippen LogP contribution in [0.25, 0.3) is 28.1 Å². The summed E-state index contributed by atoms with van der Waals surface area (Å²) in [5, 5.41) is 14.0. The summed E-state index contributed by atoms with van der Waals surface area (Å²) in [5.41, 5.74) is 9.98. The van der Waals surface area contributed by atoms with Gasteiger partial charge in [-0.25, -0.2) is 4.68 Å². The lowest BCUT2D eigenvalue weighted by Crippen LogP contribution is -2.51. The number of fused-ring (bicyclic) bond motifs is 3. The zero-order valence-electron chi connectivity index (χ0n) is 25.1. The van der Waals surface area contributed by atoms with Gasteiger partial charge in [-0.1, -0.05) is 39.2 Å². The van der Waals surface area contributed by atoms with Gasteiger partial charge in [-0.2, -0.15) is 21.5 Å². The summed E-state index contributed by atoms with van der Waals surface area (Å²) < 4.78 is 4.14. The molecule has 1 saturated heterocycles. The molecule has 1 aliphatic heterocycles. The van der Waals surface area contributed by atoms with E-state index < -0.39 is 0 Å². The van der Waals surface area contributed by atoms with Crippen LogP contribution in [-0.4, -0.2) is 42.5 Å². The molecule has 7 heteroatoms. The average Bonchev–Trinajstić information content (AvgIpc) is 3.74. The van der Waals surface area contributed by atoms with E-state index in [1.807, 2.05) is 10.9 Å². The van der Waals surface area contributed by atoms with Gasteiger partial charge in [-0.15, -0.1) is 0 Å². The highest BCUT2D eigenvalue weighted by Gasteiger charge is 2.38. The largest absolute Gasteiger partial charge is 0.332 e. The van der Waals surface area contributed by atoms with Crippen molar-refractivity contribution in [1.29, 1.82) is 0 Å². The third-order valence-corrected chi connectivity index (χ3v) is 9.80. The molecule has 0 atom stereocenters. The smallest absolute Gasteiger partial charge is 0.275 e. The molecule has 1 aromatic carbocycles. The molecule has 6 rings (SSSR count). The molecule has 0 bridgehead atoms. The van der Waals surface area contributed by atoms with Gasteiger partial charge in [-0.3, -0.25) is 9.48 Å². The Morgan fingerprint density at radius 1 is 1.07 bits per heavy atom. The Kier molecular flexibility index (Phi) is 7.90. The monoisotopic (exact) mass is 569 g/mol. The van der Waals surface area contributed by atoms with Gasteiger partial charge in [0.25, 0.3) is 5.91 Å². The molecule has 1 fully saturated rings. The Morgan fingerprint density at radius 2 is 1.95 bits per heavy atom. The third kappa shape index (κ3) is 5.29. The van der Waals surface area contributed by atoms with E-state index in [-0.39, 0.29) is 11.4 Å². The number of thiophene rings is 1. The number of unbranched alkanes of at least 4 members (excludes halogenated alkanes) is 3. The standard InChI is InChI=1S/C34H43N5OS/c1-5-7-8-10-16-37-22-26(21-35-37)29-20-30-25(19-24(29)6-2)12-13-28-31(33(40)38-17-11-9-15-34(38,3)4)36-39(32(28)30)27-14-18-41-23-27/h14,18-23H,5-13,15-17H2,1-4H3. The Balaban J connectivity index is 1.44. The van der Waals surface area contributed by atoms with Crippen molar-refractivity contribution < 1.29 is 4.79 Å². The molecule has 1 aliphatic carbocycles. The maximum Gasteiger partial charge on any atom is 0.275 e. The van der Waals surface area contributed by atoms with Crippen molar-refractivity contribution in [2.45, 2.75) is 104 Å². The van der Waals surface area contributed by atoms with Crippen LogP contribution in [0.2, 0.25) is 0 Å². The van der Waals surface area contributed by atoms with Gasteiger partial charge in [0, 0.05) is 46.9 Å². The van der Waals surface area contributed by atoms with E-state index in [4.69, 9.17) is 10.2 Å². The number of amides is 1. The molecule has 2 aliphatic rings. The number of hydrogen-bond acceptors (Lipinski definition) is 4. The van der Waals surface area contributed by atoms with Crippen LogP contribution in [0.15, 0.2) is 41.4 Å². The van der Waals surface area contributed by atoms with Gasteiger partial charge in [0.2, 0.25) is 0 Å². The first-order chi connectivity index (χ1) is 19.9. The number of aryl methyl sites for hydroxylation is 3. The fraction of sp³-hybridized carbons (Fsp3) is 0.500. The van der Waals surface area contributed by atoms with E-state index in [9.17, 15) is 4.79 Å². The first-order valence-electron chi connectivity index (χ1n) is 15.6. The van der Waals surface area contributed by atoms with Crippen LogP contribution in [-0.2, 0) is 25.8 Å². The Labute approximate surface area is 248 Å². The van der Waals surface area contributed by atoms with Crippen molar-refractivity contribution in [3.05, 3.63) is 63.7 Å². The highest BCUT2D eigenvalue weighted by Crippen LogP contribution is 2.42. The molecular formula is C34H43N5OS. The van der Waals surface area contributed by atoms with Crippen molar-refractivity contribution in [3.8, 4) is 28.1 Å². The summed E-state index contributed by atoms with van der Waals surface area (Å²) in [5.74, 6) is 0.0816. The number of carbonyl (C=O) groups excluding carboxylic acids is 1. The molecule has 41 heavy (non-hydrogen) atoms. The van der Waals surface area contributed by atoms with Crippen LogP contribution in [0, 0.1) is 0 Å². The van der Waals surface area contributed by atoms with Crippen LogP contribution >= 0.6 is 11.3 Å². The van der Waals surface area contributed by atoms with Crippen LogP contribution < -0.4 is 0 Å².